The van der Waals surface area contributed by atoms with Gasteiger partial charge in [-0.2, -0.15) is 5.10 Å². The molecule has 2 atom stereocenters. The predicted octanol–water partition coefficient (Wildman–Crippen LogP) is 2.75. The van der Waals surface area contributed by atoms with E-state index >= 15 is 0 Å². The van der Waals surface area contributed by atoms with Crippen molar-refractivity contribution in [1.29, 1.82) is 0 Å². The molecule has 0 amide bonds. The van der Waals surface area contributed by atoms with E-state index in [1.807, 2.05) is 0 Å². The van der Waals surface area contributed by atoms with Gasteiger partial charge in [-0.1, -0.05) is 6.92 Å². The molecule has 1 aromatic rings. The minimum absolute atomic E-state index is 0.331. The molecule has 1 aliphatic rings. The zero-order valence-corrected chi connectivity index (χ0v) is 9.37. The highest BCUT2D eigenvalue weighted by atomic mass is 19.3. The molecule has 0 aliphatic heterocycles. The van der Waals surface area contributed by atoms with Crippen molar-refractivity contribution >= 4 is 5.82 Å². The van der Waals surface area contributed by atoms with E-state index in [2.05, 4.69) is 17.3 Å². The zero-order valence-electron chi connectivity index (χ0n) is 9.37. The van der Waals surface area contributed by atoms with Crippen LogP contribution < -0.4 is 5.32 Å². The molecule has 5 heteroatoms. The molecule has 0 spiro atoms. The van der Waals surface area contributed by atoms with Crippen molar-refractivity contribution in [1.82, 2.24) is 9.78 Å². The monoisotopic (exact) mass is 229 g/mol. The molecule has 0 saturated heterocycles. The molecule has 0 radical (unpaired) electrons. The molecule has 0 bridgehead atoms. The Balaban J connectivity index is 1.87. The zero-order chi connectivity index (χ0) is 11.5. The Bertz CT molecular complexity index is 338. The van der Waals surface area contributed by atoms with Gasteiger partial charge in [-0.05, 0) is 25.2 Å². The lowest BCUT2D eigenvalue weighted by atomic mass is 10.1. The lowest BCUT2D eigenvalue weighted by Gasteiger charge is -2.10. The van der Waals surface area contributed by atoms with Crippen LogP contribution in [-0.2, 0) is 6.54 Å². The van der Waals surface area contributed by atoms with Gasteiger partial charge >= 0.3 is 0 Å². The summed E-state index contributed by atoms with van der Waals surface area (Å²) in [4.78, 5) is 0. The van der Waals surface area contributed by atoms with E-state index in [0.717, 1.165) is 18.8 Å². The molecule has 90 valence electrons. The summed E-state index contributed by atoms with van der Waals surface area (Å²) in [6.45, 7) is 1.90. The average molecular weight is 229 g/mol. The van der Waals surface area contributed by atoms with Gasteiger partial charge in [0.2, 0.25) is 0 Å². The molecular formula is C11H17F2N3. The highest BCUT2D eigenvalue weighted by Gasteiger charge is 2.21. The molecule has 1 saturated carbocycles. The number of aromatic nitrogens is 2. The molecule has 3 nitrogen and oxygen atoms in total. The van der Waals surface area contributed by atoms with Crippen LogP contribution in [0, 0.1) is 5.92 Å². The average Bonchev–Trinajstić information content (AvgIpc) is 2.76. The second-order valence-corrected chi connectivity index (χ2v) is 4.57. The van der Waals surface area contributed by atoms with E-state index in [1.165, 1.54) is 11.1 Å². The molecule has 1 fully saturated rings. The van der Waals surface area contributed by atoms with E-state index in [9.17, 15) is 8.78 Å². The van der Waals surface area contributed by atoms with Crippen LogP contribution in [0.5, 0.6) is 0 Å². The molecule has 16 heavy (non-hydrogen) atoms. The van der Waals surface area contributed by atoms with Crippen molar-refractivity contribution < 1.29 is 8.78 Å². The Hall–Kier alpha value is -1.13. The Morgan fingerprint density at radius 1 is 1.56 bits per heavy atom. The first-order valence-electron chi connectivity index (χ1n) is 5.71. The summed E-state index contributed by atoms with van der Waals surface area (Å²) in [6.07, 6.45) is 2.76. The highest BCUT2D eigenvalue weighted by molar-refractivity contribution is 5.33. The van der Waals surface area contributed by atoms with Crippen molar-refractivity contribution in [2.75, 3.05) is 5.32 Å². The van der Waals surface area contributed by atoms with Gasteiger partial charge in [-0.15, -0.1) is 0 Å². The molecule has 1 heterocycles. The van der Waals surface area contributed by atoms with Gasteiger partial charge in [-0.3, -0.25) is 4.68 Å². The second kappa shape index (κ2) is 4.80. The SMILES string of the molecule is CC1CCC(Nc2ccn(CC(F)F)n2)C1. The van der Waals surface area contributed by atoms with Gasteiger partial charge in [0.25, 0.3) is 6.43 Å². The first kappa shape index (κ1) is 11.4. The fraction of sp³-hybridized carbons (Fsp3) is 0.727. The lowest BCUT2D eigenvalue weighted by molar-refractivity contribution is 0.122. The van der Waals surface area contributed by atoms with Crippen LogP contribution in [0.15, 0.2) is 12.3 Å². The second-order valence-electron chi connectivity index (χ2n) is 4.57. The predicted molar refractivity (Wildman–Crippen MR) is 58.7 cm³/mol. The van der Waals surface area contributed by atoms with Gasteiger partial charge in [0, 0.05) is 18.3 Å². The van der Waals surface area contributed by atoms with E-state index < -0.39 is 6.43 Å². The summed E-state index contributed by atoms with van der Waals surface area (Å²) >= 11 is 0. The van der Waals surface area contributed by atoms with E-state index in [1.54, 1.807) is 12.3 Å². The van der Waals surface area contributed by atoms with Gasteiger partial charge in [0.1, 0.15) is 12.4 Å². The van der Waals surface area contributed by atoms with Crippen molar-refractivity contribution in [2.24, 2.45) is 5.92 Å². The number of halogens is 2. The van der Waals surface area contributed by atoms with Crippen molar-refractivity contribution in [3.05, 3.63) is 12.3 Å². The Morgan fingerprint density at radius 2 is 2.38 bits per heavy atom. The Kier molecular flexibility index (Phi) is 3.41. The Morgan fingerprint density at radius 3 is 3.00 bits per heavy atom. The van der Waals surface area contributed by atoms with E-state index in [-0.39, 0.29) is 6.54 Å². The summed E-state index contributed by atoms with van der Waals surface area (Å²) in [5.74, 6) is 1.46. The van der Waals surface area contributed by atoms with Crippen LogP contribution in [0.2, 0.25) is 0 Å². The van der Waals surface area contributed by atoms with Gasteiger partial charge in [-0.25, -0.2) is 8.78 Å². The quantitative estimate of drug-likeness (QED) is 0.860. The van der Waals surface area contributed by atoms with E-state index in [4.69, 9.17) is 0 Å². The largest absolute Gasteiger partial charge is 0.366 e. The normalized spacial score (nSPS) is 25.2. The summed E-state index contributed by atoms with van der Waals surface area (Å²) in [5, 5.41) is 7.35. The van der Waals surface area contributed by atoms with Crippen LogP contribution in [0.4, 0.5) is 14.6 Å². The third-order valence-corrected chi connectivity index (χ3v) is 3.01. The third-order valence-electron chi connectivity index (χ3n) is 3.01. The van der Waals surface area contributed by atoms with Crippen LogP contribution >= 0.6 is 0 Å². The summed E-state index contributed by atoms with van der Waals surface area (Å²) in [6, 6.07) is 2.20. The molecule has 0 aromatic carbocycles. The third kappa shape index (κ3) is 2.93. The van der Waals surface area contributed by atoms with Gasteiger partial charge in [0.05, 0.1) is 0 Å². The smallest absolute Gasteiger partial charge is 0.257 e. The Labute approximate surface area is 93.8 Å². The summed E-state index contributed by atoms with van der Waals surface area (Å²) < 4.78 is 25.5. The minimum atomic E-state index is -2.35. The fourth-order valence-corrected chi connectivity index (χ4v) is 2.23. The maximum atomic E-state index is 12.1. The van der Waals surface area contributed by atoms with Crippen LogP contribution in [-0.4, -0.2) is 22.2 Å². The number of rotatable bonds is 4. The van der Waals surface area contributed by atoms with Crippen molar-refractivity contribution in [3.63, 3.8) is 0 Å². The molecular weight excluding hydrogens is 212 g/mol. The topological polar surface area (TPSA) is 29.9 Å². The summed E-state index contributed by atoms with van der Waals surface area (Å²) in [7, 11) is 0. The van der Waals surface area contributed by atoms with Crippen LogP contribution in [0.1, 0.15) is 26.2 Å². The number of alkyl halides is 2. The first-order valence-corrected chi connectivity index (χ1v) is 5.71. The minimum Gasteiger partial charge on any atom is -0.366 e. The fourth-order valence-electron chi connectivity index (χ4n) is 2.23. The number of hydrogen-bond acceptors (Lipinski definition) is 2. The molecule has 1 N–H and O–H groups in total. The van der Waals surface area contributed by atoms with Crippen molar-refractivity contribution in [3.8, 4) is 0 Å². The summed E-state index contributed by atoms with van der Waals surface area (Å²) in [5.41, 5.74) is 0. The van der Waals surface area contributed by atoms with Crippen LogP contribution in [0.3, 0.4) is 0 Å². The standard InChI is InChI=1S/C11H17F2N3/c1-8-2-3-9(6-8)14-11-4-5-16(15-11)7-10(12)13/h4-5,8-10H,2-3,6-7H2,1H3,(H,14,15). The van der Waals surface area contributed by atoms with Crippen LogP contribution in [0.25, 0.3) is 0 Å². The first-order chi connectivity index (χ1) is 7.63. The lowest BCUT2D eigenvalue weighted by Crippen LogP contribution is -2.16. The number of hydrogen-bond donors (Lipinski definition) is 1. The van der Waals surface area contributed by atoms with E-state index in [0.29, 0.717) is 11.9 Å². The van der Waals surface area contributed by atoms with Crippen molar-refractivity contribution in [2.45, 2.75) is 45.2 Å². The number of nitrogens with zero attached hydrogens (tertiary/aromatic N) is 2. The highest BCUT2D eigenvalue weighted by Crippen LogP contribution is 2.26. The van der Waals surface area contributed by atoms with Gasteiger partial charge < -0.3 is 5.32 Å². The molecule has 1 aliphatic carbocycles. The number of nitrogens with one attached hydrogen (secondary N) is 1. The molecule has 2 unspecified atom stereocenters. The van der Waals surface area contributed by atoms with Gasteiger partial charge in [0.15, 0.2) is 0 Å². The molecule has 2 rings (SSSR count). The number of anilines is 1. The maximum Gasteiger partial charge on any atom is 0.257 e. The maximum absolute atomic E-state index is 12.1. The molecule has 1 aromatic heterocycles.